The van der Waals surface area contributed by atoms with Gasteiger partial charge in [-0.3, -0.25) is 4.79 Å². The maximum Gasteiger partial charge on any atom is 0.240 e. The Bertz CT molecular complexity index is 911. The Balaban J connectivity index is 1.50. The maximum absolute atomic E-state index is 12.4. The Morgan fingerprint density at radius 1 is 1.19 bits per heavy atom. The zero-order valence-electron chi connectivity index (χ0n) is 15.7. The SMILES string of the molecule is CC(C)(C)c1ccc(S(=O)(=O)NCCC(=O)Nc2nnc(C3CC3)s2)cc1. The van der Waals surface area contributed by atoms with Crippen molar-refractivity contribution in [3.8, 4) is 0 Å². The van der Waals surface area contributed by atoms with Crippen LogP contribution in [0.25, 0.3) is 0 Å². The van der Waals surface area contributed by atoms with E-state index in [1.165, 1.54) is 11.3 Å². The predicted octanol–water partition coefficient (Wildman–Crippen LogP) is 3.02. The van der Waals surface area contributed by atoms with Gasteiger partial charge in [0.15, 0.2) is 0 Å². The molecule has 0 radical (unpaired) electrons. The number of nitrogens with zero attached hydrogens (tertiary/aromatic N) is 2. The van der Waals surface area contributed by atoms with Gasteiger partial charge in [-0.05, 0) is 36.0 Å². The van der Waals surface area contributed by atoms with Gasteiger partial charge in [0.25, 0.3) is 0 Å². The lowest BCUT2D eigenvalue weighted by molar-refractivity contribution is -0.116. The highest BCUT2D eigenvalue weighted by molar-refractivity contribution is 7.89. The number of hydrogen-bond acceptors (Lipinski definition) is 6. The van der Waals surface area contributed by atoms with Gasteiger partial charge in [0.2, 0.25) is 21.1 Å². The zero-order valence-corrected chi connectivity index (χ0v) is 17.3. The largest absolute Gasteiger partial charge is 0.300 e. The first kappa shape index (κ1) is 19.9. The molecule has 0 atom stereocenters. The Kier molecular flexibility index (Phi) is 5.64. The predicted molar refractivity (Wildman–Crippen MR) is 105 cm³/mol. The Labute approximate surface area is 163 Å². The van der Waals surface area contributed by atoms with Crippen LogP contribution in [0.15, 0.2) is 29.2 Å². The van der Waals surface area contributed by atoms with Gasteiger partial charge < -0.3 is 5.32 Å². The molecule has 2 aromatic rings. The van der Waals surface area contributed by atoms with Gasteiger partial charge in [-0.25, -0.2) is 13.1 Å². The quantitative estimate of drug-likeness (QED) is 0.733. The summed E-state index contributed by atoms with van der Waals surface area (Å²) in [6.45, 7) is 6.22. The third-order valence-corrected chi connectivity index (χ3v) is 6.77. The summed E-state index contributed by atoms with van der Waals surface area (Å²) in [6.07, 6.45) is 2.28. The smallest absolute Gasteiger partial charge is 0.240 e. The minimum absolute atomic E-state index is 0.0173. The summed E-state index contributed by atoms with van der Waals surface area (Å²) in [5, 5.41) is 12.1. The molecule has 0 bridgehead atoms. The summed E-state index contributed by atoms with van der Waals surface area (Å²) < 4.78 is 27.2. The molecule has 3 rings (SSSR count). The van der Waals surface area contributed by atoms with Crippen LogP contribution in [0.5, 0.6) is 0 Å². The van der Waals surface area contributed by atoms with Gasteiger partial charge >= 0.3 is 0 Å². The normalized spacial score (nSPS) is 14.9. The van der Waals surface area contributed by atoms with Crippen LogP contribution < -0.4 is 10.0 Å². The summed E-state index contributed by atoms with van der Waals surface area (Å²) in [5.74, 6) is 0.198. The second-order valence-electron chi connectivity index (χ2n) is 7.69. The number of nitrogens with one attached hydrogen (secondary N) is 2. The standard InChI is InChI=1S/C18H24N4O3S2/c1-18(2,3)13-6-8-14(9-7-13)27(24,25)19-11-10-15(23)20-17-22-21-16(26-17)12-4-5-12/h6-9,12,19H,4-5,10-11H2,1-3H3,(H,20,22,23). The molecule has 1 aliphatic carbocycles. The van der Waals surface area contributed by atoms with E-state index in [4.69, 9.17) is 0 Å². The summed E-state index contributed by atoms with van der Waals surface area (Å²) in [4.78, 5) is 12.2. The van der Waals surface area contributed by atoms with E-state index in [2.05, 4.69) is 41.0 Å². The maximum atomic E-state index is 12.4. The Morgan fingerprint density at radius 3 is 2.44 bits per heavy atom. The van der Waals surface area contributed by atoms with Gasteiger partial charge in [-0.1, -0.05) is 44.2 Å². The van der Waals surface area contributed by atoms with Crippen molar-refractivity contribution in [2.24, 2.45) is 0 Å². The Morgan fingerprint density at radius 2 is 1.85 bits per heavy atom. The molecule has 1 amide bonds. The van der Waals surface area contributed by atoms with Crippen molar-refractivity contribution in [3.63, 3.8) is 0 Å². The molecule has 7 nitrogen and oxygen atoms in total. The molecule has 1 saturated carbocycles. The summed E-state index contributed by atoms with van der Waals surface area (Å²) in [6, 6.07) is 6.80. The van der Waals surface area contributed by atoms with Crippen molar-refractivity contribution in [2.75, 3.05) is 11.9 Å². The fraction of sp³-hybridized carbons (Fsp3) is 0.500. The van der Waals surface area contributed by atoms with Crippen LogP contribution in [-0.4, -0.2) is 31.1 Å². The molecule has 1 heterocycles. The monoisotopic (exact) mass is 408 g/mol. The van der Waals surface area contributed by atoms with E-state index < -0.39 is 10.0 Å². The number of amides is 1. The molecule has 0 spiro atoms. The lowest BCUT2D eigenvalue weighted by atomic mass is 9.87. The third kappa shape index (κ3) is 5.33. The van der Waals surface area contributed by atoms with Crippen molar-refractivity contribution in [3.05, 3.63) is 34.8 Å². The highest BCUT2D eigenvalue weighted by Gasteiger charge is 2.27. The first-order valence-electron chi connectivity index (χ1n) is 8.88. The van der Waals surface area contributed by atoms with E-state index in [1.54, 1.807) is 12.1 Å². The second kappa shape index (κ2) is 7.65. The summed E-state index contributed by atoms with van der Waals surface area (Å²) >= 11 is 1.38. The molecule has 1 aromatic heterocycles. The number of hydrogen-bond donors (Lipinski definition) is 2. The van der Waals surface area contributed by atoms with Crippen molar-refractivity contribution < 1.29 is 13.2 Å². The summed E-state index contributed by atoms with van der Waals surface area (Å²) in [5.41, 5.74) is 1.01. The number of anilines is 1. The average Bonchev–Trinajstić information content (AvgIpc) is 3.34. The van der Waals surface area contributed by atoms with Crippen LogP contribution in [0, 0.1) is 0 Å². The fourth-order valence-electron chi connectivity index (χ4n) is 2.48. The molecule has 0 aliphatic heterocycles. The van der Waals surface area contributed by atoms with E-state index >= 15 is 0 Å². The first-order chi connectivity index (χ1) is 12.6. The van der Waals surface area contributed by atoms with Crippen molar-refractivity contribution >= 4 is 32.4 Å². The molecular formula is C18H24N4O3S2. The highest BCUT2D eigenvalue weighted by Crippen LogP contribution is 2.42. The van der Waals surface area contributed by atoms with E-state index in [0.29, 0.717) is 11.0 Å². The van der Waals surface area contributed by atoms with Gasteiger partial charge in [0, 0.05) is 18.9 Å². The van der Waals surface area contributed by atoms with Gasteiger partial charge in [0.1, 0.15) is 5.01 Å². The zero-order chi connectivity index (χ0) is 19.7. The molecule has 1 fully saturated rings. The molecule has 9 heteroatoms. The topological polar surface area (TPSA) is 101 Å². The van der Waals surface area contributed by atoms with Crippen LogP contribution in [0.2, 0.25) is 0 Å². The van der Waals surface area contributed by atoms with E-state index in [-0.39, 0.29) is 29.2 Å². The number of sulfonamides is 1. The van der Waals surface area contributed by atoms with Gasteiger partial charge in [0.05, 0.1) is 4.90 Å². The van der Waals surface area contributed by atoms with Gasteiger partial charge in [-0.2, -0.15) is 0 Å². The molecule has 0 saturated heterocycles. The van der Waals surface area contributed by atoms with Crippen LogP contribution in [0.4, 0.5) is 5.13 Å². The molecule has 1 aliphatic rings. The molecule has 1 aromatic carbocycles. The molecule has 2 N–H and O–H groups in total. The van der Waals surface area contributed by atoms with E-state index in [1.807, 2.05) is 12.1 Å². The summed E-state index contributed by atoms with van der Waals surface area (Å²) in [7, 11) is -3.65. The number of carbonyl (C=O) groups excluding carboxylic acids is 1. The minimum Gasteiger partial charge on any atom is -0.300 e. The van der Waals surface area contributed by atoms with E-state index in [0.717, 1.165) is 23.4 Å². The molecule has 0 unspecified atom stereocenters. The lowest BCUT2D eigenvalue weighted by Gasteiger charge is -2.19. The lowest BCUT2D eigenvalue weighted by Crippen LogP contribution is -2.28. The second-order valence-corrected chi connectivity index (χ2v) is 10.5. The first-order valence-corrected chi connectivity index (χ1v) is 11.2. The number of carbonyl (C=O) groups is 1. The van der Waals surface area contributed by atoms with E-state index in [9.17, 15) is 13.2 Å². The van der Waals surface area contributed by atoms with Crippen molar-refractivity contribution in [1.29, 1.82) is 0 Å². The third-order valence-electron chi connectivity index (χ3n) is 4.29. The fourth-order valence-corrected chi connectivity index (χ4v) is 4.44. The number of aromatic nitrogens is 2. The van der Waals surface area contributed by atoms with Crippen LogP contribution >= 0.6 is 11.3 Å². The van der Waals surface area contributed by atoms with Crippen molar-refractivity contribution in [1.82, 2.24) is 14.9 Å². The van der Waals surface area contributed by atoms with Crippen LogP contribution in [-0.2, 0) is 20.2 Å². The van der Waals surface area contributed by atoms with Crippen LogP contribution in [0.1, 0.15) is 56.5 Å². The average molecular weight is 409 g/mol. The molecule has 27 heavy (non-hydrogen) atoms. The number of benzene rings is 1. The molecule has 146 valence electrons. The molecular weight excluding hydrogens is 384 g/mol. The van der Waals surface area contributed by atoms with Crippen LogP contribution in [0.3, 0.4) is 0 Å². The minimum atomic E-state index is -3.65. The van der Waals surface area contributed by atoms with Crippen molar-refractivity contribution in [2.45, 2.75) is 56.3 Å². The number of rotatable bonds is 7. The highest BCUT2D eigenvalue weighted by atomic mass is 32.2. The Hall–Kier alpha value is -1.84. The van der Waals surface area contributed by atoms with Gasteiger partial charge in [-0.15, -0.1) is 10.2 Å².